The lowest BCUT2D eigenvalue weighted by molar-refractivity contribution is -0.0967. The van der Waals surface area contributed by atoms with Gasteiger partial charge in [-0.3, -0.25) is 0 Å². The largest absolute Gasteiger partial charge is 0.368 e. The first kappa shape index (κ1) is 18.8. The van der Waals surface area contributed by atoms with Gasteiger partial charge in [0.25, 0.3) is 0 Å². The average molecular weight is 357 g/mol. The molecule has 0 bridgehead atoms. The molecule has 1 aliphatic rings. The second-order valence-electron chi connectivity index (χ2n) is 8.27. The molecule has 0 amide bonds. The van der Waals surface area contributed by atoms with Crippen molar-refractivity contribution in [2.75, 3.05) is 0 Å². The lowest BCUT2D eigenvalue weighted by atomic mass is 9.78. The fourth-order valence-corrected chi connectivity index (χ4v) is 4.77. The lowest BCUT2D eigenvalue weighted by Gasteiger charge is -2.37. The van der Waals surface area contributed by atoms with E-state index in [2.05, 4.69) is 64.1 Å². The molecule has 1 aliphatic carbocycles. The molecule has 2 heteroatoms. The summed E-state index contributed by atoms with van der Waals surface area (Å²) in [6.07, 6.45) is 6.65. The Kier molecular flexibility index (Phi) is 5.80. The Morgan fingerprint density at radius 1 is 1.08 bits per heavy atom. The maximum absolute atomic E-state index is 6.61. The van der Waals surface area contributed by atoms with Crippen LogP contribution < -0.4 is 0 Å². The Hall–Kier alpha value is -0.990. The summed E-state index contributed by atoms with van der Waals surface area (Å²) in [4.78, 5) is 1.02. The van der Waals surface area contributed by atoms with E-state index >= 15 is 0 Å². The van der Waals surface area contributed by atoms with E-state index < -0.39 is 0 Å². The van der Waals surface area contributed by atoms with E-state index in [1.54, 1.807) is 0 Å². The van der Waals surface area contributed by atoms with Crippen molar-refractivity contribution < 1.29 is 4.74 Å². The van der Waals surface area contributed by atoms with E-state index in [-0.39, 0.29) is 5.60 Å². The summed E-state index contributed by atoms with van der Waals surface area (Å²) in [5.74, 6) is 1.73. The van der Waals surface area contributed by atoms with E-state index in [1.807, 2.05) is 0 Å². The van der Waals surface area contributed by atoms with Gasteiger partial charge in [0.15, 0.2) is 0 Å². The van der Waals surface area contributed by atoms with Crippen LogP contribution in [0.25, 0.3) is 10.8 Å². The fraction of sp³-hybridized carbons (Fsp3) is 0.565. The minimum atomic E-state index is -0.311. The van der Waals surface area contributed by atoms with Crippen LogP contribution in [-0.2, 0) is 10.3 Å². The van der Waals surface area contributed by atoms with Gasteiger partial charge < -0.3 is 4.74 Å². The standard InChI is InChI=1S/C23H32OS/c1-5-16(2)17-10-12-20(13-11-17)24-23(3,4)21-14-18-8-6-7-9-19(18)15-22(21)25/h6-9,14-17,20,25H,5,10-13H2,1-4H3. The summed E-state index contributed by atoms with van der Waals surface area (Å²) in [5.41, 5.74) is 0.883. The minimum absolute atomic E-state index is 0.311. The van der Waals surface area contributed by atoms with Gasteiger partial charge in [-0.25, -0.2) is 0 Å². The molecule has 1 unspecified atom stereocenters. The molecule has 1 saturated carbocycles. The van der Waals surface area contributed by atoms with Crippen LogP contribution in [0.4, 0.5) is 0 Å². The van der Waals surface area contributed by atoms with Gasteiger partial charge in [-0.05, 0) is 79.8 Å². The SMILES string of the molecule is CCC(C)C1CCC(OC(C)(C)c2cc3ccccc3cc2S)CC1. The minimum Gasteiger partial charge on any atom is -0.368 e. The quantitative estimate of drug-likeness (QED) is 0.568. The molecule has 136 valence electrons. The third-order valence-corrected chi connectivity index (χ3v) is 6.51. The van der Waals surface area contributed by atoms with Gasteiger partial charge in [-0.15, -0.1) is 12.6 Å². The molecule has 3 rings (SSSR count). The smallest absolute Gasteiger partial charge is 0.0889 e. The molecule has 0 spiro atoms. The molecule has 0 saturated heterocycles. The third-order valence-electron chi connectivity index (χ3n) is 6.14. The van der Waals surface area contributed by atoms with Gasteiger partial charge in [-0.2, -0.15) is 0 Å². The van der Waals surface area contributed by atoms with Crippen molar-refractivity contribution in [1.82, 2.24) is 0 Å². The summed E-state index contributed by atoms with van der Waals surface area (Å²) in [6.45, 7) is 9.09. The second-order valence-corrected chi connectivity index (χ2v) is 8.75. The molecule has 1 nitrogen and oxygen atoms in total. The van der Waals surface area contributed by atoms with Gasteiger partial charge in [0.1, 0.15) is 0 Å². The maximum Gasteiger partial charge on any atom is 0.0889 e. The Labute approximate surface area is 158 Å². The van der Waals surface area contributed by atoms with Crippen LogP contribution in [0.3, 0.4) is 0 Å². The zero-order valence-corrected chi connectivity index (χ0v) is 17.0. The Bertz CT molecular complexity index is 713. The summed E-state index contributed by atoms with van der Waals surface area (Å²) in [7, 11) is 0. The van der Waals surface area contributed by atoms with Gasteiger partial charge in [-0.1, -0.05) is 44.5 Å². The first-order valence-electron chi connectivity index (χ1n) is 9.80. The summed E-state index contributed by atoms with van der Waals surface area (Å²) >= 11 is 4.76. The number of ether oxygens (including phenoxy) is 1. The van der Waals surface area contributed by atoms with E-state index in [4.69, 9.17) is 17.4 Å². The Morgan fingerprint density at radius 3 is 2.28 bits per heavy atom. The molecule has 0 aromatic heterocycles. The second kappa shape index (κ2) is 7.72. The number of benzene rings is 2. The van der Waals surface area contributed by atoms with Crippen molar-refractivity contribution in [2.45, 2.75) is 76.4 Å². The van der Waals surface area contributed by atoms with Gasteiger partial charge >= 0.3 is 0 Å². The number of rotatable bonds is 5. The number of fused-ring (bicyclic) bond motifs is 1. The Balaban J connectivity index is 1.73. The average Bonchev–Trinajstić information content (AvgIpc) is 2.60. The van der Waals surface area contributed by atoms with Crippen molar-refractivity contribution in [3.63, 3.8) is 0 Å². The predicted molar refractivity (Wildman–Crippen MR) is 111 cm³/mol. The monoisotopic (exact) mass is 356 g/mol. The lowest BCUT2D eigenvalue weighted by Crippen LogP contribution is -2.32. The highest BCUT2D eigenvalue weighted by Gasteiger charge is 2.31. The van der Waals surface area contributed by atoms with E-state index in [0.29, 0.717) is 6.10 Å². The third kappa shape index (κ3) is 4.23. The highest BCUT2D eigenvalue weighted by molar-refractivity contribution is 7.80. The van der Waals surface area contributed by atoms with Crippen LogP contribution in [0, 0.1) is 11.8 Å². The van der Waals surface area contributed by atoms with E-state index in [0.717, 1.165) is 16.7 Å². The molecule has 2 aromatic carbocycles. The molecule has 0 aliphatic heterocycles. The highest BCUT2D eigenvalue weighted by atomic mass is 32.1. The zero-order valence-electron chi connectivity index (χ0n) is 16.1. The van der Waals surface area contributed by atoms with Crippen LogP contribution in [0.5, 0.6) is 0 Å². The molecular formula is C23H32OS. The van der Waals surface area contributed by atoms with Gasteiger partial charge in [0, 0.05) is 4.90 Å². The Morgan fingerprint density at radius 2 is 1.68 bits per heavy atom. The fourth-order valence-electron chi connectivity index (χ4n) is 4.30. The molecule has 25 heavy (non-hydrogen) atoms. The van der Waals surface area contributed by atoms with E-state index in [1.165, 1.54) is 48.4 Å². The molecule has 0 heterocycles. The van der Waals surface area contributed by atoms with Crippen molar-refractivity contribution in [3.05, 3.63) is 42.0 Å². The van der Waals surface area contributed by atoms with Gasteiger partial charge in [0.05, 0.1) is 11.7 Å². The molecule has 2 aromatic rings. The summed E-state index contributed by atoms with van der Waals surface area (Å²) < 4.78 is 6.61. The predicted octanol–water partition coefficient (Wildman–Crippen LogP) is 6.99. The first-order chi connectivity index (χ1) is 11.9. The summed E-state index contributed by atoms with van der Waals surface area (Å²) in [5, 5.41) is 2.49. The molecular weight excluding hydrogens is 324 g/mol. The first-order valence-corrected chi connectivity index (χ1v) is 10.3. The van der Waals surface area contributed by atoms with Crippen molar-refractivity contribution in [2.24, 2.45) is 11.8 Å². The van der Waals surface area contributed by atoms with Crippen LogP contribution >= 0.6 is 12.6 Å². The number of thiol groups is 1. The number of hydrogen-bond acceptors (Lipinski definition) is 2. The molecule has 0 N–H and O–H groups in total. The van der Waals surface area contributed by atoms with Crippen LogP contribution in [0.1, 0.15) is 65.4 Å². The molecule has 1 atom stereocenters. The molecule has 0 radical (unpaired) electrons. The topological polar surface area (TPSA) is 9.23 Å². The van der Waals surface area contributed by atoms with Crippen molar-refractivity contribution in [1.29, 1.82) is 0 Å². The van der Waals surface area contributed by atoms with Crippen LogP contribution in [0.2, 0.25) is 0 Å². The number of hydrogen-bond donors (Lipinski definition) is 1. The van der Waals surface area contributed by atoms with Crippen LogP contribution in [-0.4, -0.2) is 6.10 Å². The highest BCUT2D eigenvalue weighted by Crippen LogP contribution is 2.39. The molecule has 1 fully saturated rings. The maximum atomic E-state index is 6.61. The van der Waals surface area contributed by atoms with Crippen LogP contribution in [0.15, 0.2) is 41.3 Å². The van der Waals surface area contributed by atoms with Crippen molar-refractivity contribution >= 4 is 23.4 Å². The van der Waals surface area contributed by atoms with E-state index in [9.17, 15) is 0 Å². The zero-order chi connectivity index (χ0) is 18.0. The normalized spacial score (nSPS) is 22.9. The van der Waals surface area contributed by atoms with Gasteiger partial charge in [0.2, 0.25) is 0 Å². The van der Waals surface area contributed by atoms with Crippen molar-refractivity contribution in [3.8, 4) is 0 Å². The summed E-state index contributed by atoms with van der Waals surface area (Å²) in [6, 6.07) is 12.9.